The molecule has 0 aliphatic rings. The maximum atomic E-state index is 12.9. The highest BCUT2D eigenvalue weighted by Gasteiger charge is 2.27. The lowest BCUT2D eigenvalue weighted by Gasteiger charge is -2.20. The zero-order valence-electron chi connectivity index (χ0n) is 8.68. The summed E-state index contributed by atoms with van der Waals surface area (Å²) in [6.07, 6.45) is -5.16. The number of nitrogens with two attached hydrogens (primary N) is 1. The Kier molecular flexibility index (Phi) is 3.62. The summed E-state index contributed by atoms with van der Waals surface area (Å²) in [5, 5.41) is 0. The van der Waals surface area contributed by atoms with Crippen molar-refractivity contribution in [2.24, 2.45) is 0 Å². The molecule has 2 N–H and O–H groups in total. The minimum absolute atomic E-state index is 0.189. The van der Waals surface area contributed by atoms with Crippen LogP contribution in [0.15, 0.2) is 18.2 Å². The van der Waals surface area contributed by atoms with Crippen molar-refractivity contribution < 1.29 is 17.6 Å². The monoisotopic (exact) mass is 236 g/mol. The Balaban J connectivity index is 2.69. The fraction of sp³-hybridized carbons (Fsp3) is 0.400. The van der Waals surface area contributed by atoms with Crippen molar-refractivity contribution in [3.05, 3.63) is 24.0 Å². The summed E-state index contributed by atoms with van der Waals surface area (Å²) in [6, 6.07) is 3.69. The van der Waals surface area contributed by atoms with Gasteiger partial charge in [-0.05, 0) is 18.2 Å². The summed E-state index contributed by atoms with van der Waals surface area (Å²) < 4.78 is 48.8. The summed E-state index contributed by atoms with van der Waals surface area (Å²) in [5.41, 5.74) is 5.91. The largest absolute Gasteiger partial charge is 0.399 e. The number of halogens is 4. The molecule has 0 atom stereocenters. The van der Waals surface area contributed by atoms with Crippen LogP contribution in [0.3, 0.4) is 0 Å². The minimum Gasteiger partial charge on any atom is -0.399 e. The molecule has 0 aromatic heterocycles. The van der Waals surface area contributed by atoms with Gasteiger partial charge in [0.1, 0.15) is 5.82 Å². The van der Waals surface area contributed by atoms with Gasteiger partial charge in [0, 0.05) is 25.0 Å². The lowest BCUT2D eigenvalue weighted by atomic mass is 10.2. The maximum Gasteiger partial charge on any atom is 0.390 e. The molecule has 0 unspecified atom stereocenters. The molecule has 0 spiro atoms. The standard InChI is InChI=1S/C10H12F4N2/c1-16(3-2-10(12,13)14)9-5-7(11)4-8(15)6-9/h4-6H,2-3,15H2,1H3. The summed E-state index contributed by atoms with van der Waals surface area (Å²) in [5.74, 6) is -0.561. The average molecular weight is 236 g/mol. The number of nitrogens with zero attached hydrogens (tertiary/aromatic N) is 1. The first-order valence-corrected chi connectivity index (χ1v) is 4.62. The molecule has 6 heteroatoms. The molecule has 0 radical (unpaired) electrons. The molecular formula is C10H12F4N2. The first-order chi connectivity index (χ1) is 7.28. The SMILES string of the molecule is CN(CCC(F)(F)F)c1cc(N)cc(F)c1. The van der Waals surface area contributed by atoms with Gasteiger partial charge in [-0.2, -0.15) is 13.2 Å². The van der Waals surface area contributed by atoms with E-state index in [9.17, 15) is 17.6 Å². The van der Waals surface area contributed by atoms with Crippen LogP contribution in [-0.2, 0) is 0 Å². The highest BCUT2D eigenvalue weighted by molar-refractivity contribution is 5.55. The summed E-state index contributed by atoms with van der Waals surface area (Å²) in [7, 11) is 1.46. The maximum absolute atomic E-state index is 12.9. The number of alkyl halides is 3. The van der Waals surface area contributed by atoms with Crippen LogP contribution in [0.5, 0.6) is 0 Å². The van der Waals surface area contributed by atoms with E-state index >= 15 is 0 Å². The Bertz CT molecular complexity index is 342. The molecule has 0 saturated heterocycles. The number of rotatable bonds is 3. The summed E-state index contributed by atoms with van der Waals surface area (Å²) >= 11 is 0. The normalized spacial score (nSPS) is 11.6. The van der Waals surface area contributed by atoms with Gasteiger partial charge in [-0.25, -0.2) is 4.39 Å². The highest BCUT2D eigenvalue weighted by Crippen LogP contribution is 2.23. The van der Waals surface area contributed by atoms with E-state index in [1.807, 2.05) is 0 Å². The van der Waals surface area contributed by atoms with Crippen molar-refractivity contribution in [2.75, 3.05) is 24.2 Å². The molecule has 0 heterocycles. The Morgan fingerprint density at radius 1 is 1.25 bits per heavy atom. The third-order valence-corrected chi connectivity index (χ3v) is 2.08. The van der Waals surface area contributed by atoms with Gasteiger partial charge in [-0.1, -0.05) is 0 Å². The van der Waals surface area contributed by atoms with Gasteiger partial charge in [0.15, 0.2) is 0 Å². The van der Waals surface area contributed by atoms with Crippen molar-refractivity contribution >= 4 is 11.4 Å². The van der Waals surface area contributed by atoms with Gasteiger partial charge < -0.3 is 10.6 Å². The van der Waals surface area contributed by atoms with Gasteiger partial charge >= 0.3 is 6.18 Å². The van der Waals surface area contributed by atoms with E-state index in [2.05, 4.69) is 0 Å². The smallest absolute Gasteiger partial charge is 0.390 e. The average Bonchev–Trinajstić information content (AvgIpc) is 2.11. The second kappa shape index (κ2) is 4.59. The van der Waals surface area contributed by atoms with Gasteiger partial charge in [0.05, 0.1) is 6.42 Å². The molecular weight excluding hydrogens is 224 g/mol. The van der Waals surface area contributed by atoms with Crippen molar-refractivity contribution in [3.63, 3.8) is 0 Å². The zero-order valence-corrected chi connectivity index (χ0v) is 8.68. The lowest BCUT2D eigenvalue weighted by Crippen LogP contribution is -2.24. The molecule has 2 nitrogen and oxygen atoms in total. The molecule has 1 aromatic rings. The number of benzene rings is 1. The van der Waals surface area contributed by atoms with E-state index in [1.54, 1.807) is 0 Å². The predicted molar refractivity (Wildman–Crippen MR) is 54.8 cm³/mol. The Labute approximate surface area is 90.7 Å². The van der Waals surface area contributed by atoms with Crippen molar-refractivity contribution in [1.29, 1.82) is 0 Å². The molecule has 0 amide bonds. The van der Waals surface area contributed by atoms with Gasteiger partial charge in [0.25, 0.3) is 0 Å². The Morgan fingerprint density at radius 3 is 2.38 bits per heavy atom. The van der Waals surface area contributed by atoms with Crippen LogP contribution in [0.4, 0.5) is 28.9 Å². The highest BCUT2D eigenvalue weighted by atomic mass is 19.4. The van der Waals surface area contributed by atoms with Crippen molar-refractivity contribution in [2.45, 2.75) is 12.6 Å². The molecule has 0 aliphatic carbocycles. The van der Waals surface area contributed by atoms with Crippen LogP contribution in [0.2, 0.25) is 0 Å². The molecule has 0 saturated carbocycles. The molecule has 0 aliphatic heterocycles. The van der Waals surface area contributed by atoms with E-state index in [0.29, 0.717) is 5.69 Å². The van der Waals surface area contributed by atoms with Crippen LogP contribution < -0.4 is 10.6 Å². The second-order valence-electron chi connectivity index (χ2n) is 3.53. The van der Waals surface area contributed by atoms with Crippen molar-refractivity contribution in [1.82, 2.24) is 0 Å². The Morgan fingerprint density at radius 2 is 1.88 bits per heavy atom. The Hall–Kier alpha value is -1.46. The second-order valence-corrected chi connectivity index (χ2v) is 3.53. The van der Waals surface area contributed by atoms with Crippen LogP contribution in [0.25, 0.3) is 0 Å². The van der Waals surface area contributed by atoms with Gasteiger partial charge in [-0.3, -0.25) is 0 Å². The third-order valence-electron chi connectivity index (χ3n) is 2.08. The molecule has 16 heavy (non-hydrogen) atoms. The third kappa shape index (κ3) is 3.96. The van der Waals surface area contributed by atoms with E-state index < -0.39 is 18.4 Å². The van der Waals surface area contributed by atoms with Crippen LogP contribution in [0, 0.1) is 5.82 Å². The van der Waals surface area contributed by atoms with E-state index in [-0.39, 0.29) is 12.2 Å². The first kappa shape index (κ1) is 12.6. The lowest BCUT2D eigenvalue weighted by molar-refractivity contribution is -0.132. The number of hydrogen-bond donors (Lipinski definition) is 1. The molecule has 90 valence electrons. The van der Waals surface area contributed by atoms with Gasteiger partial charge in [0.2, 0.25) is 0 Å². The van der Waals surface area contributed by atoms with Gasteiger partial charge in [-0.15, -0.1) is 0 Å². The quantitative estimate of drug-likeness (QED) is 0.646. The number of nitrogen functional groups attached to an aromatic ring is 1. The van der Waals surface area contributed by atoms with Crippen LogP contribution in [-0.4, -0.2) is 19.8 Å². The molecule has 1 rings (SSSR count). The number of hydrogen-bond acceptors (Lipinski definition) is 2. The van der Waals surface area contributed by atoms with E-state index in [1.165, 1.54) is 18.0 Å². The van der Waals surface area contributed by atoms with Crippen LogP contribution >= 0.6 is 0 Å². The molecule has 1 aromatic carbocycles. The zero-order chi connectivity index (χ0) is 12.3. The van der Waals surface area contributed by atoms with E-state index in [4.69, 9.17) is 5.73 Å². The summed E-state index contributed by atoms with van der Waals surface area (Å²) in [4.78, 5) is 1.31. The fourth-order valence-corrected chi connectivity index (χ4v) is 1.24. The van der Waals surface area contributed by atoms with Crippen LogP contribution in [0.1, 0.15) is 6.42 Å². The topological polar surface area (TPSA) is 29.3 Å². The van der Waals surface area contributed by atoms with Crippen molar-refractivity contribution in [3.8, 4) is 0 Å². The predicted octanol–water partition coefficient (Wildman–Crippen LogP) is 2.80. The molecule has 0 fully saturated rings. The minimum atomic E-state index is -4.22. The molecule has 0 bridgehead atoms. The van der Waals surface area contributed by atoms with E-state index in [0.717, 1.165) is 12.1 Å². The fourth-order valence-electron chi connectivity index (χ4n) is 1.24. The number of anilines is 2. The summed E-state index contributed by atoms with van der Waals surface area (Å²) in [6.45, 7) is -0.230. The first-order valence-electron chi connectivity index (χ1n) is 4.62.